The maximum absolute atomic E-state index is 5.27. The minimum absolute atomic E-state index is 0.0493. The monoisotopic (exact) mass is 472 g/mol. The molecule has 1 unspecified atom stereocenters. The van der Waals surface area contributed by atoms with Crippen LogP contribution >= 0.6 is 15.9 Å². The lowest BCUT2D eigenvalue weighted by atomic mass is 9.97. The van der Waals surface area contributed by atoms with E-state index >= 15 is 0 Å². The standard InChI is InChI=1S/C25H21BrN4O/c1-31-21-13-9-17(10-14-21)23-15-24(28-27-23)22-16-30(20-5-3-2-4-6-20)29-25(22)18-7-11-19(26)12-8-18/h2-14,16,24,28H,15H2,1H3. The average molecular weight is 473 g/mol. The molecule has 6 heteroatoms. The molecule has 31 heavy (non-hydrogen) atoms. The lowest BCUT2D eigenvalue weighted by Gasteiger charge is -2.10. The Hall–Kier alpha value is -3.38. The zero-order valence-corrected chi connectivity index (χ0v) is 18.6. The van der Waals surface area contributed by atoms with Gasteiger partial charge in [-0.2, -0.15) is 10.2 Å². The highest BCUT2D eigenvalue weighted by molar-refractivity contribution is 9.10. The molecule has 0 bridgehead atoms. The third-order valence-corrected chi connectivity index (χ3v) is 5.96. The number of rotatable bonds is 5. The van der Waals surface area contributed by atoms with E-state index in [1.54, 1.807) is 7.11 Å². The van der Waals surface area contributed by atoms with Crippen molar-refractivity contribution in [3.8, 4) is 22.7 Å². The molecular weight excluding hydrogens is 452 g/mol. The quantitative estimate of drug-likeness (QED) is 0.402. The fraction of sp³-hybridized carbons (Fsp3) is 0.120. The first-order chi connectivity index (χ1) is 15.2. The van der Waals surface area contributed by atoms with Crippen molar-refractivity contribution in [1.29, 1.82) is 0 Å². The highest BCUT2D eigenvalue weighted by Crippen LogP contribution is 2.33. The molecular formula is C25H21BrN4O. The van der Waals surface area contributed by atoms with Crippen molar-refractivity contribution >= 4 is 21.6 Å². The predicted molar refractivity (Wildman–Crippen MR) is 127 cm³/mol. The van der Waals surface area contributed by atoms with Crippen molar-refractivity contribution in [1.82, 2.24) is 15.2 Å². The number of nitrogens with zero attached hydrogens (tertiary/aromatic N) is 3. The molecule has 4 aromatic rings. The summed E-state index contributed by atoms with van der Waals surface area (Å²) in [6, 6.07) is 26.5. The van der Waals surface area contributed by atoms with Crippen LogP contribution < -0.4 is 10.2 Å². The van der Waals surface area contributed by atoms with Crippen LogP contribution in [-0.2, 0) is 0 Å². The van der Waals surface area contributed by atoms with Crippen LogP contribution in [0.1, 0.15) is 23.6 Å². The van der Waals surface area contributed by atoms with E-state index in [1.807, 2.05) is 59.3 Å². The number of hydrogen-bond donors (Lipinski definition) is 1. The first-order valence-corrected chi connectivity index (χ1v) is 10.9. The Morgan fingerprint density at radius 1 is 0.935 bits per heavy atom. The van der Waals surface area contributed by atoms with Crippen molar-refractivity contribution < 1.29 is 4.74 Å². The summed E-state index contributed by atoms with van der Waals surface area (Å²) in [6.45, 7) is 0. The maximum atomic E-state index is 5.27. The van der Waals surface area contributed by atoms with Gasteiger partial charge in [0.2, 0.25) is 0 Å². The Kier molecular flexibility index (Phi) is 5.30. The zero-order valence-electron chi connectivity index (χ0n) is 17.0. The fourth-order valence-electron chi connectivity index (χ4n) is 3.77. The topological polar surface area (TPSA) is 51.4 Å². The summed E-state index contributed by atoms with van der Waals surface area (Å²) >= 11 is 3.52. The maximum Gasteiger partial charge on any atom is 0.118 e. The van der Waals surface area contributed by atoms with Crippen LogP contribution in [0.15, 0.2) is 94.6 Å². The number of hydrogen-bond acceptors (Lipinski definition) is 4. The molecule has 1 aliphatic rings. The van der Waals surface area contributed by atoms with Gasteiger partial charge in [0.1, 0.15) is 5.75 Å². The van der Waals surface area contributed by atoms with Gasteiger partial charge in [0.05, 0.1) is 30.2 Å². The van der Waals surface area contributed by atoms with Gasteiger partial charge in [-0.15, -0.1) is 0 Å². The predicted octanol–water partition coefficient (Wildman–Crippen LogP) is 5.75. The number of ether oxygens (including phenoxy) is 1. The van der Waals surface area contributed by atoms with Crippen LogP contribution in [0.25, 0.3) is 16.9 Å². The second kappa shape index (κ2) is 8.40. The van der Waals surface area contributed by atoms with Crippen LogP contribution in [0, 0.1) is 0 Å². The summed E-state index contributed by atoms with van der Waals surface area (Å²) < 4.78 is 8.26. The van der Waals surface area contributed by atoms with Gasteiger partial charge >= 0.3 is 0 Å². The second-order valence-electron chi connectivity index (χ2n) is 7.39. The highest BCUT2D eigenvalue weighted by atomic mass is 79.9. The molecule has 154 valence electrons. The first kappa shape index (κ1) is 19.6. The molecule has 3 aromatic carbocycles. The highest BCUT2D eigenvalue weighted by Gasteiger charge is 2.26. The third kappa shape index (κ3) is 3.99. The molecule has 5 rings (SSSR count). The van der Waals surface area contributed by atoms with Gasteiger partial charge in [-0.3, -0.25) is 0 Å². The third-order valence-electron chi connectivity index (χ3n) is 5.43. The molecule has 0 saturated carbocycles. The molecule has 0 spiro atoms. The largest absolute Gasteiger partial charge is 0.497 e. The van der Waals surface area contributed by atoms with E-state index < -0.39 is 0 Å². The average Bonchev–Trinajstić information content (AvgIpc) is 3.48. The summed E-state index contributed by atoms with van der Waals surface area (Å²) in [6.07, 6.45) is 2.90. The number of halogens is 1. The van der Waals surface area contributed by atoms with E-state index in [4.69, 9.17) is 9.84 Å². The van der Waals surface area contributed by atoms with E-state index in [2.05, 4.69) is 56.9 Å². The molecule has 0 aliphatic carbocycles. The lowest BCUT2D eigenvalue weighted by molar-refractivity contribution is 0.415. The molecule has 0 fully saturated rings. The van der Waals surface area contributed by atoms with E-state index in [0.29, 0.717) is 0 Å². The Bertz CT molecular complexity index is 1210. The van der Waals surface area contributed by atoms with E-state index in [9.17, 15) is 0 Å². The first-order valence-electron chi connectivity index (χ1n) is 10.1. The van der Waals surface area contributed by atoms with Gasteiger partial charge in [0.15, 0.2) is 0 Å². The Morgan fingerprint density at radius 3 is 2.35 bits per heavy atom. The van der Waals surface area contributed by atoms with Crippen molar-refractivity contribution in [3.05, 3.63) is 101 Å². The Labute approximate surface area is 189 Å². The van der Waals surface area contributed by atoms with E-state index in [-0.39, 0.29) is 6.04 Å². The van der Waals surface area contributed by atoms with Crippen molar-refractivity contribution in [2.45, 2.75) is 12.5 Å². The summed E-state index contributed by atoms with van der Waals surface area (Å²) in [7, 11) is 1.67. The van der Waals surface area contributed by atoms with Crippen molar-refractivity contribution in [2.24, 2.45) is 5.10 Å². The van der Waals surface area contributed by atoms with Crippen LogP contribution in [0.2, 0.25) is 0 Å². The zero-order chi connectivity index (χ0) is 21.2. The normalized spacial score (nSPS) is 15.4. The lowest BCUT2D eigenvalue weighted by Crippen LogP contribution is -2.10. The van der Waals surface area contributed by atoms with E-state index in [1.165, 1.54) is 0 Å². The Balaban J connectivity index is 1.49. The van der Waals surface area contributed by atoms with Gasteiger partial charge in [0, 0.05) is 28.2 Å². The number of para-hydroxylation sites is 1. The number of hydrazone groups is 1. The minimum Gasteiger partial charge on any atom is -0.497 e. The number of aromatic nitrogens is 2. The van der Waals surface area contributed by atoms with Crippen molar-refractivity contribution in [3.63, 3.8) is 0 Å². The molecule has 0 radical (unpaired) electrons. The fourth-order valence-corrected chi connectivity index (χ4v) is 4.04. The van der Waals surface area contributed by atoms with Gasteiger partial charge < -0.3 is 10.2 Å². The van der Waals surface area contributed by atoms with Gasteiger partial charge in [-0.1, -0.05) is 46.3 Å². The van der Waals surface area contributed by atoms with E-state index in [0.717, 1.165) is 50.4 Å². The molecule has 0 amide bonds. The molecule has 1 aliphatic heterocycles. The van der Waals surface area contributed by atoms with Crippen molar-refractivity contribution in [2.75, 3.05) is 7.11 Å². The SMILES string of the molecule is COc1ccc(C2=NNC(c3cn(-c4ccccc4)nc3-c3ccc(Br)cc3)C2)cc1. The van der Waals surface area contributed by atoms with Gasteiger partial charge in [-0.25, -0.2) is 4.68 Å². The van der Waals surface area contributed by atoms with Gasteiger partial charge in [-0.05, 0) is 54.1 Å². The number of methoxy groups -OCH3 is 1. The summed E-state index contributed by atoms with van der Waals surface area (Å²) in [5.41, 5.74) is 9.64. The molecule has 1 N–H and O–H groups in total. The van der Waals surface area contributed by atoms with Crippen LogP contribution in [-0.4, -0.2) is 22.6 Å². The molecule has 5 nitrogen and oxygen atoms in total. The molecule has 2 heterocycles. The molecule has 1 atom stereocenters. The number of nitrogens with one attached hydrogen (secondary N) is 1. The minimum atomic E-state index is 0.0493. The van der Waals surface area contributed by atoms with Gasteiger partial charge in [0.25, 0.3) is 0 Å². The molecule has 1 aromatic heterocycles. The summed E-state index contributed by atoms with van der Waals surface area (Å²) in [4.78, 5) is 0. The summed E-state index contributed by atoms with van der Waals surface area (Å²) in [5.74, 6) is 0.841. The van der Waals surface area contributed by atoms with Crippen LogP contribution in [0.5, 0.6) is 5.75 Å². The van der Waals surface area contributed by atoms with Crippen LogP contribution in [0.3, 0.4) is 0 Å². The Morgan fingerprint density at radius 2 is 1.65 bits per heavy atom. The van der Waals surface area contributed by atoms with Crippen LogP contribution in [0.4, 0.5) is 0 Å². The molecule has 0 saturated heterocycles. The number of benzene rings is 3. The summed E-state index contributed by atoms with van der Waals surface area (Å²) in [5, 5.41) is 9.57. The second-order valence-corrected chi connectivity index (χ2v) is 8.31. The smallest absolute Gasteiger partial charge is 0.118 e.